The Labute approximate surface area is 424 Å². The summed E-state index contributed by atoms with van der Waals surface area (Å²) in [5.74, 6) is -0.469. The number of nitrogens with one attached hydrogen (secondary N) is 1. The van der Waals surface area contributed by atoms with Gasteiger partial charge in [0.2, 0.25) is 5.91 Å². The quantitative estimate of drug-likeness (QED) is 0.0321. The average Bonchev–Trinajstić information content (AvgIpc) is 3.33. The van der Waals surface area contributed by atoms with Crippen LogP contribution in [0.1, 0.15) is 335 Å². The fourth-order valence-corrected chi connectivity index (χ4v) is 9.66. The SMILES string of the molecule is CCCCCCCCC/C=C/C=C/CCCCCCCC(=O)OC(CCCCCCCCCCCCCCCC)CC(=O)NC(CO)C(O)CCCCCCCCCCCCCCCCCCC. The van der Waals surface area contributed by atoms with Crippen LogP contribution in [0, 0.1) is 0 Å². The normalized spacial score (nSPS) is 13.2. The molecule has 68 heavy (non-hydrogen) atoms. The molecule has 1 amide bonds. The molecule has 0 bridgehead atoms. The standard InChI is InChI=1S/C62H119NO5/c1-4-7-10-13-16-19-22-25-28-30-32-34-37-40-43-46-49-52-55-62(67)68-58(53-50-47-44-41-38-35-27-24-21-18-15-12-9-6-3)56-61(66)63-59(57-64)60(65)54-51-48-45-42-39-36-33-31-29-26-23-20-17-14-11-8-5-2/h28,30,32,34,58-60,64-65H,4-27,29,31,33,35-57H2,1-3H3,(H,63,66)/b30-28+,34-32+. The Hall–Kier alpha value is -1.66. The topological polar surface area (TPSA) is 95.9 Å². The third-order valence-electron chi connectivity index (χ3n) is 14.3. The lowest BCUT2D eigenvalue weighted by Crippen LogP contribution is -2.46. The lowest BCUT2D eigenvalue weighted by atomic mass is 10.0. The molecule has 6 heteroatoms. The number of aliphatic hydroxyl groups excluding tert-OH is 2. The summed E-state index contributed by atoms with van der Waals surface area (Å²) in [5, 5.41) is 23.9. The van der Waals surface area contributed by atoms with Crippen LogP contribution in [0.5, 0.6) is 0 Å². The van der Waals surface area contributed by atoms with Crippen molar-refractivity contribution in [2.75, 3.05) is 6.61 Å². The van der Waals surface area contributed by atoms with Gasteiger partial charge in [-0.2, -0.15) is 0 Å². The van der Waals surface area contributed by atoms with Crippen LogP contribution in [0.2, 0.25) is 0 Å². The van der Waals surface area contributed by atoms with Crippen LogP contribution in [0.3, 0.4) is 0 Å². The van der Waals surface area contributed by atoms with Gasteiger partial charge in [-0.25, -0.2) is 0 Å². The van der Waals surface area contributed by atoms with Gasteiger partial charge in [-0.1, -0.05) is 295 Å². The monoisotopic (exact) mass is 958 g/mol. The minimum Gasteiger partial charge on any atom is -0.462 e. The highest BCUT2D eigenvalue weighted by atomic mass is 16.5. The lowest BCUT2D eigenvalue weighted by molar-refractivity contribution is -0.151. The molecule has 6 nitrogen and oxygen atoms in total. The van der Waals surface area contributed by atoms with Crippen molar-refractivity contribution in [2.24, 2.45) is 0 Å². The summed E-state index contributed by atoms with van der Waals surface area (Å²) in [6.45, 7) is 6.53. The van der Waals surface area contributed by atoms with Crippen LogP contribution in [-0.2, 0) is 14.3 Å². The Kier molecular flexibility index (Phi) is 54.9. The molecule has 3 atom stereocenters. The van der Waals surface area contributed by atoms with Crippen molar-refractivity contribution in [3.63, 3.8) is 0 Å². The van der Waals surface area contributed by atoms with Gasteiger partial charge in [0, 0.05) is 6.42 Å². The highest BCUT2D eigenvalue weighted by Gasteiger charge is 2.24. The Bertz CT molecular complexity index is 1080. The summed E-state index contributed by atoms with van der Waals surface area (Å²) in [5.41, 5.74) is 0. The second-order valence-corrected chi connectivity index (χ2v) is 21.1. The fraction of sp³-hybridized carbons (Fsp3) is 0.903. The first kappa shape index (κ1) is 66.3. The van der Waals surface area contributed by atoms with Crippen molar-refractivity contribution < 1.29 is 24.5 Å². The highest BCUT2D eigenvalue weighted by Crippen LogP contribution is 2.19. The van der Waals surface area contributed by atoms with Crippen LogP contribution < -0.4 is 5.32 Å². The zero-order valence-electron chi connectivity index (χ0n) is 46.0. The van der Waals surface area contributed by atoms with Gasteiger partial charge in [0.15, 0.2) is 0 Å². The first-order valence-corrected chi connectivity index (χ1v) is 30.6. The Morgan fingerprint density at radius 3 is 1.09 bits per heavy atom. The summed E-state index contributed by atoms with van der Waals surface area (Å²) >= 11 is 0. The molecule has 0 saturated carbocycles. The Balaban J connectivity index is 4.50. The first-order valence-electron chi connectivity index (χ1n) is 30.6. The maximum absolute atomic E-state index is 13.3. The number of rotatable bonds is 56. The largest absolute Gasteiger partial charge is 0.462 e. The number of aliphatic hydroxyl groups is 2. The van der Waals surface area contributed by atoms with E-state index in [9.17, 15) is 19.8 Å². The van der Waals surface area contributed by atoms with E-state index < -0.39 is 18.2 Å². The molecule has 3 N–H and O–H groups in total. The van der Waals surface area contributed by atoms with E-state index in [1.54, 1.807) is 0 Å². The molecule has 0 fully saturated rings. The number of hydrogen-bond acceptors (Lipinski definition) is 5. The third kappa shape index (κ3) is 50.7. The molecular weight excluding hydrogens is 839 g/mol. The average molecular weight is 959 g/mol. The van der Waals surface area contributed by atoms with Gasteiger partial charge in [0.25, 0.3) is 0 Å². The molecule has 0 aromatic heterocycles. The number of hydrogen-bond donors (Lipinski definition) is 3. The number of allylic oxidation sites excluding steroid dienone is 4. The van der Waals surface area contributed by atoms with E-state index in [1.807, 2.05) is 0 Å². The number of unbranched alkanes of at least 4 members (excludes halogenated alkanes) is 41. The predicted octanol–water partition coefficient (Wildman–Crippen LogP) is 19.0. The van der Waals surface area contributed by atoms with E-state index in [0.717, 1.165) is 51.4 Å². The molecule has 0 aromatic carbocycles. The molecule has 0 rings (SSSR count). The Morgan fingerprint density at radius 2 is 0.735 bits per heavy atom. The molecule has 3 unspecified atom stereocenters. The zero-order chi connectivity index (χ0) is 49.5. The van der Waals surface area contributed by atoms with Crippen LogP contribution in [0.25, 0.3) is 0 Å². The number of carbonyl (C=O) groups is 2. The number of amides is 1. The van der Waals surface area contributed by atoms with Crippen molar-refractivity contribution in [1.82, 2.24) is 5.32 Å². The minimum absolute atomic E-state index is 0.0777. The molecule has 0 aliphatic carbocycles. The molecule has 0 aliphatic rings. The van der Waals surface area contributed by atoms with Crippen LogP contribution in [0.4, 0.5) is 0 Å². The lowest BCUT2D eigenvalue weighted by Gasteiger charge is -2.24. The minimum atomic E-state index is -0.788. The van der Waals surface area contributed by atoms with Crippen molar-refractivity contribution >= 4 is 11.9 Å². The van der Waals surface area contributed by atoms with E-state index in [-0.39, 0.29) is 24.9 Å². The molecular formula is C62H119NO5. The third-order valence-corrected chi connectivity index (χ3v) is 14.3. The smallest absolute Gasteiger partial charge is 0.306 e. The molecule has 0 spiro atoms. The van der Waals surface area contributed by atoms with Gasteiger partial charge in [-0.3, -0.25) is 9.59 Å². The van der Waals surface area contributed by atoms with Crippen molar-refractivity contribution in [3.05, 3.63) is 24.3 Å². The van der Waals surface area contributed by atoms with Crippen LogP contribution >= 0.6 is 0 Å². The molecule has 402 valence electrons. The van der Waals surface area contributed by atoms with E-state index >= 15 is 0 Å². The second-order valence-electron chi connectivity index (χ2n) is 21.1. The molecule has 0 heterocycles. The van der Waals surface area contributed by atoms with Gasteiger partial charge in [-0.05, 0) is 51.4 Å². The van der Waals surface area contributed by atoms with Gasteiger partial charge in [0.1, 0.15) is 6.10 Å². The molecule has 0 saturated heterocycles. The number of esters is 1. The van der Waals surface area contributed by atoms with Crippen molar-refractivity contribution in [1.29, 1.82) is 0 Å². The van der Waals surface area contributed by atoms with Gasteiger partial charge < -0.3 is 20.3 Å². The Morgan fingerprint density at radius 1 is 0.426 bits per heavy atom. The van der Waals surface area contributed by atoms with E-state index in [2.05, 4.69) is 50.4 Å². The van der Waals surface area contributed by atoms with E-state index in [4.69, 9.17) is 4.74 Å². The molecule has 0 aromatic rings. The first-order chi connectivity index (χ1) is 33.5. The second kappa shape index (κ2) is 56.3. The van der Waals surface area contributed by atoms with Crippen molar-refractivity contribution in [2.45, 2.75) is 354 Å². The van der Waals surface area contributed by atoms with Crippen LogP contribution in [0.15, 0.2) is 24.3 Å². The van der Waals surface area contributed by atoms with E-state index in [1.165, 1.54) is 238 Å². The summed E-state index contributed by atoms with van der Waals surface area (Å²) in [7, 11) is 0. The maximum atomic E-state index is 13.3. The zero-order valence-corrected chi connectivity index (χ0v) is 46.0. The van der Waals surface area contributed by atoms with Crippen LogP contribution in [-0.4, -0.2) is 46.9 Å². The van der Waals surface area contributed by atoms with Gasteiger partial charge in [-0.15, -0.1) is 0 Å². The number of ether oxygens (including phenoxy) is 1. The molecule has 0 aliphatic heterocycles. The summed E-state index contributed by atoms with van der Waals surface area (Å²) in [6, 6.07) is -0.701. The summed E-state index contributed by atoms with van der Waals surface area (Å²) in [6.07, 6.45) is 66.7. The summed E-state index contributed by atoms with van der Waals surface area (Å²) < 4.78 is 5.97. The highest BCUT2D eigenvalue weighted by molar-refractivity contribution is 5.77. The summed E-state index contributed by atoms with van der Waals surface area (Å²) in [4.78, 5) is 26.3. The maximum Gasteiger partial charge on any atom is 0.306 e. The van der Waals surface area contributed by atoms with Crippen molar-refractivity contribution in [3.8, 4) is 0 Å². The van der Waals surface area contributed by atoms with E-state index in [0.29, 0.717) is 19.3 Å². The fourth-order valence-electron chi connectivity index (χ4n) is 9.66. The molecule has 0 radical (unpaired) electrons. The predicted molar refractivity (Wildman–Crippen MR) is 296 cm³/mol. The van der Waals surface area contributed by atoms with Gasteiger partial charge >= 0.3 is 5.97 Å². The van der Waals surface area contributed by atoms with Gasteiger partial charge in [0.05, 0.1) is 25.2 Å². The number of carbonyl (C=O) groups excluding carboxylic acids is 2.